The first-order chi connectivity index (χ1) is 9.75. The Morgan fingerprint density at radius 1 is 1.15 bits per heavy atom. The largest absolute Gasteiger partial charge is 0.308 e. The van der Waals surface area contributed by atoms with Crippen LogP contribution < -0.4 is 5.56 Å². The molecule has 0 N–H and O–H groups in total. The lowest BCUT2D eigenvalue weighted by Crippen LogP contribution is -2.37. The fourth-order valence-corrected chi connectivity index (χ4v) is 3.26. The van der Waals surface area contributed by atoms with Crippen molar-refractivity contribution in [1.29, 1.82) is 0 Å². The molecule has 0 aliphatic carbocycles. The summed E-state index contributed by atoms with van der Waals surface area (Å²) in [4.78, 5) is 14.6. The molecule has 0 saturated carbocycles. The van der Waals surface area contributed by atoms with E-state index in [0.29, 0.717) is 6.04 Å². The molecule has 0 radical (unpaired) electrons. The molecule has 1 atom stereocenters. The molecule has 0 unspecified atom stereocenters. The van der Waals surface area contributed by atoms with Crippen LogP contribution in [0.5, 0.6) is 0 Å². The normalized spacial score (nSPS) is 20.4. The lowest BCUT2D eigenvalue weighted by molar-refractivity contribution is 0.171. The van der Waals surface area contributed by atoms with Crippen LogP contribution in [-0.2, 0) is 6.54 Å². The van der Waals surface area contributed by atoms with E-state index in [0.717, 1.165) is 23.9 Å². The van der Waals surface area contributed by atoms with Gasteiger partial charge in [0.05, 0.1) is 5.52 Å². The lowest BCUT2D eigenvalue weighted by atomic mass is 10.00. The van der Waals surface area contributed by atoms with Crippen LogP contribution in [-0.4, -0.2) is 29.1 Å². The van der Waals surface area contributed by atoms with E-state index in [1.807, 2.05) is 28.8 Å². The van der Waals surface area contributed by atoms with Gasteiger partial charge in [0, 0.05) is 18.7 Å². The number of rotatable bonds is 3. The van der Waals surface area contributed by atoms with E-state index < -0.39 is 0 Å². The van der Waals surface area contributed by atoms with Crippen LogP contribution in [0.15, 0.2) is 41.2 Å². The summed E-state index contributed by atoms with van der Waals surface area (Å²) in [6.07, 6.45) is 4.95. The van der Waals surface area contributed by atoms with E-state index in [-0.39, 0.29) is 5.56 Å². The molecule has 3 nitrogen and oxygen atoms in total. The van der Waals surface area contributed by atoms with E-state index in [9.17, 15) is 4.79 Å². The second-order valence-corrected chi connectivity index (χ2v) is 5.80. The molecule has 1 aliphatic rings. The second kappa shape index (κ2) is 5.80. The number of hydrogen-bond acceptors (Lipinski definition) is 2. The molecule has 0 bridgehead atoms. The molecule has 1 saturated heterocycles. The summed E-state index contributed by atoms with van der Waals surface area (Å²) in [7, 11) is 2.20. The highest BCUT2D eigenvalue weighted by Crippen LogP contribution is 2.19. The van der Waals surface area contributed by atoms with Crippen LogP contribution in [0.2, 0.25) is 0 Å². The average molecular weight is 270 g/mol. The van der Waals surface area contributed by atoms with Gasteiger partial charge in [-0.1, -0.05) is 24.6 Å². The minimum Gasteiger partial charge on any atom is -0.308 e. The third-order valence-corrected chi connectivity index (χ3v) is 4.51. The quantitative estimate of drug-likeness (QED) is 0.857. The van der Waals surface area contributed by atoms with E-state index >= 15 is 0 Å². The average Bonchev–Trinajstić information content (AvgIpc) is 2.48. The molecule has 1 fully saturated rings. The standard InChI is InChI=1S/C17H22N2O/c1-18-12-5-4-7-15(18)11-13-19-16-8-3-2-6-14(16)9-10-17(19)20/h2-3,6,8-10,15H,4-5,7,11-13H2,1H3/t15-/m1/s1. The topological polar surface area (TPSA) is 25.2 Å². The van der Waals surface area contributed by atoms with E-state index in [1.165, 1.54) is 25.8 Å². The Kier molecular flexibility index (Phi) is 3.88. The predicted molar refractivity (Wildman–Crippen MR) is 83.1 cm³/mol. The third-order valence-electron chi connectivity index (χ3n) is 4.51. The Bertz CT molecular complexity index is 647. The molecule has 0 amide bonds. The number of aryl methyl sites for hydroxylation is 1. The van der Waals surface area contributed by atoms with Crippen molar-refractivity contribution in [2.45, 2.75) is 38.3 Å². The summed E-state index contributed by atoms with van der Waals surface area (Å²) in [5.41, 5.74) is 1.17. The summed E-state index contributed by atoms with van der Waals surface area (Å²) in [5, 5.41) is 1.14. The van der Waals surface area contributed by atoms with Gasteiger partial charge in [-0.15, -0.1) is 0 Å². The maximum atomic E-state index is 12.1. The van der Waals surface area contributed by atoms with Gasteiger partial charge < -0.3 is 9.47 Å². The molecule has 20 heavy (non-hydrogen) atoms. The van der Waals surface area contributed by atoms with Crippen LogP contribution in [0, 0.1) is 0 Å². The van der Waals surface area contributed by atoms with Crippen LogP contribution in [0.25, 0.3) is 10.9 Å². The zero-order chi connectivity index (χ0) is 13.9. The Morgan fingerprint density at radius 2 is 2.00 bits per heavy atom. The maximum Gasteiger partial charge on any atom is 0.251 e. The zero-order valence-corrected chi connectivity index (χ0v) is 12.1. The van der Waals surface area contributed by atoms with Crippen molar-refractivity contribution < 1.29 is 0 Å². The fourth-order valence-electron chi connectivity index (χ4n) is 3.26. The van der Waals surface area contributed by atoms with Crippen molar-refractivity contribution in [2.75, 3.05) is 13.6 Å². The van der Waals surface area contributed by atoms with Crippen molar-refractivity contribution in [2.24, 2.45) is 0 Å². The number of para-hydroxylation sites is 1. The molecule has 3 heteroatoms. The Balaban J connectivity index is 1.83. The second-order valence-electron chi connectivity index (χ2n) is 5.80. The molecule has 2 heterocycles. The van der Waals surface area contributed by atoms with Gasteiger partial charge in [0.1, 0.15) is 0 Å². The minimum atomic E-state index is 0.113. The molecule has 2 aromatic rings. The number of benzene rings is 1. The van der Waals surface area contributed by atoms with Crippen molar-refractivity contribution in [3.63, 3.8) is 0 Å². The molecule has 1 aromatic heterocycles. The first-order valence-corrected chi connectivity index (χ1v) is 7.54. The molecule has 1 aliphatic heterocycles. The lowest BCUT2D eigenvalue weighted by Gasteiger charge is -2.32. The van der Waals surface area contributed by atoms with Gasteiger partial charge in [0.2, 0.25) is 0 Å². The van der Waals surface area contributed by atoms with Gasteiger partial charge in [-0.25, -0.2) is 0 Å². The summed E-state index contributed by atoms with van der Waals surface area (Å²) in [5.74, 6) is 0. The minimum absolute atomic E-state index is 0.113. The van der Waals surface area contributed by atoms with Gasteiger partial charge in [-0.05, 0) is 50.4 Å². The number of hydrogen-bond donors (Lipinski definition) is 0. The zero-order valence-electron chi connectivity index (χ0n) is 12.1. The number of piperidine rings is 1. The van der Waals surface area contributed by atoms with Crippen molar-refractivity contribution >= 4 is 10.9 Å². The summed E-state index contributed by atoms with van der Waals surface area (Å²) in [6, 6.07) is 12.4. The van der Waals surface area contributed by atoms with Gasteiger partial charge in [0.15, 0.2) is 0 Å². The molecular weight excluding hydrogens is 248 g/mol. The molecule has 106 valence electrons. The highest BCUT2D eigenvalue weighted by atomic mass is 16.1. The number of nitrogens with zero attached hydrogens (tertiary/aromatic N) is 2. The number of fused-ring (bicyclic) bond motifs is 1. The van der Waals surface area contributed by atoms with Crippen LogP contribution in [0.4, 0.5) is 0 Å². The molecule has 0 spiro atoms. The van der Waals surface area contributed by atoms with Crippen LogP contribution in [0.1, 0.15) is 25.7 Å². The van der Waals surface area contributed by atoms with Gasteiger partial charge >= 0.3 is 0 Å². The van der Waals surface area contributed by atoms with E-state index in [2.05, 4.69) is 18.0 Å². The highest BCUT2D eigenvalue weighted by Gasteiger charge is 2.18. The molecule has 1 aromatic carbocycles. The number of aromatic nitrogens is 1. The maximum absolute atomic E-state index is 12.1. The molecule has 3 rings (SSSR count). The Morgan fingerprint density at radius 3 is 2.85 bits per heavy atom. The number of likely N-dealkylation sites (tertiary alicyclic amines) is 1. The third kappa shape index (κ3) is 2.63. The first kappa shape index (κ1) is 13.4. The SMILES string of the molecule is CN1CCCC[C@@H]1CCn1c(=O)ccc2ccccc21. The number of pyridine rings is 1. The van der Waals surface area contributed by atoms with Crippen LogP contribution in [0.3, 0.4) is 0 Å². The fraction of sp³-hybridized carbons (Fsp3) is 0.471. The first-order valence-electron chi connectivity index (χ1n) is 7.54. The van der Waals surface area contributed by atoms with E-state index in [1.54, 1.807) is 6.07 Å². The van der Waals surface area contributed by atoms with E-state index in [4.69, 9.17) is 0 Å². The summed E-state index contributed by atoms with van der Waals surface area (Å²) >= 11 is 0. The summed E-state index contributed by atoms with van der Waals surface area (Å²) in [6.45, 7) is 2.00. The Labute approximate surface area is 119 Å². The van der Waals surface area contributed by atoms with Crippen molar-refractivity contribution in [3.8, 4) is 0 Å². The smallest absolute Gasteiger partial charge is 0.251 e. The Hall–Kier alpha value is -1.61. The molecular formula is C17H22N2O. The van der Waals surface area contributed by atoms with Gasteiger partial charge in [-0.3, -0.25) is 4.79 Å². The monoisotopic (exact) mass is 270 g/mol. The van der Waals surface area contributed by atoms with Crippen LogP contribution >= 0.6 is 0 Å². The van der Waals surface area contributed by atoms with Gasteiger partial charge in [-0.2, -0.15) is 0 Å². The van der Waals surface area contributed by atoms with Crippen molar-refractivity contribution in [1.82, 2.24) is 9.47 Å². The van der Waals surface area contributed by atoms with Crippen molar-refractivity contribution in [3.05, 3.63) is 46.8 Å². The summed E-state index contributed by atoms with van der Waals surface area (Å²) < 4.78 is 1.93. The predicted octanol–water partition coefficient (Wildman–Crippen LogP) is 2.88. The highest BCUT2D eigenvalue weighted by molar-refractivity contribution is 5.78. The van der Waals surface area contributed by atoms with Gasteiger partial charge in [0.25, 0.3) is 5.56 Å².